The topological polar surface area (TPSA) is 40.9 Å². The summed E-state index contributed by atoms with van der Waals surface area (Å²) in [6.45, 7) is 3.47. The Morgan fingerprint density at radius 2 is 2.00 bits per heavy atom. The molecule has 1 unspecified atom stereocenters. The summed E-state index contributed by atoms with van der Waals surface area (Å²) in [6.07, 6.45) is 0. The first-order valence-corrected chi connectivity index (χ1v) is 4.83. The Balaban J connectivity index is 4.65. The molecule has 0 saturated heterocycles. The lowest BCUT2D eigenvalue weighted by Gasteiger charge is -2.02. The molecule has 0 aliphatic carbocycles. The maximum Gasteiger partial charge on any atom is 0.145 e. The van der Waals surface area contributed by atoms with Crippen molar-refractivity contribution in [1.82, 2.24) is 0 Å². The molecule has 0 saturated carbocycles. The molecule has 0 aromatic heterocycles. The highest BCUT2D eigenvalue weighted by molar-refractivity contribution is 7.91. The zero-order valence-electron chi connectivity index (χ0n) is 6.10. The standard InChI is InChI=1S/C6H7Cl2NOS/c1-4(2)11(10)6(8)5(7)3-9/h4H,1-2H3/b6-5+. The molecular weight excluding hydrogens is 205 g/mol. The summed E-state index contributed by atoms with van der Waals surface area (Å²) in [5.41, 5.74) is 0. The van der Waals surface area contributed by atoms with Crippen LogP contribution < -0.4 is 0 Å². The summed E-state index contributed by atoms with van der Waals surface area (Å²) in [5, 5.41) is 7.96. The molecule has 0 N–H and O–H groups in total. The molecule has 0 fully saturated rings. The van der Waals surface area contributed by atoms with Gasteiger partial charge in [-0.1, -0.05) is 37.0 Å². The maximum atomic E-state index is 11.1. The summed E-state index contributed by atoms with van der Waals surface area (Å²) >= 11 is 10.9. The van der Waals surface area contributed by atoms with Crippen LogP contribution >= 0.6 is 23.2 Å². The van der Waals surface area contributed by atoms with Gasteiger partial charge in [0.25, 0.3) is 0 Å². The quantitative estimate of drug-likeness (QED) is 0.659. The van der Waals surface area contributed by atoms with Gasteiger partial charge in [-0.3, -0.25) is 4.21 Å². The number of rotatable bonds is 2. The van der Waals surface area contributed by atoms with E-state index in [4.69, 9.17) is 28.5 Å². The van der Waals surface area contributed by atoms with Crippen LogP contribution in [-0.2, 0) is 10.8 Å². The van der Waals surface area contributed by atoms with E-state index in [2.05, 4.69) is 0 Å². The predicted octanol–water partition coefficient (Wildman–Crippen LogP) is 2.31. The number of allylic oxidation sites excluding steroid dienone is 1. The van der Waals surface area contributed by atoms with Crippen molar-refractivity contribution in [3.63, 3.8) is 0 Å². The van der Waals surface area contributed by atoms with Crippen molar-refractivity contribution in [2.24, 2.45) is 0 Å². The fourth-order valence-corrected chi connectivity index (χ4v) is 1.78. The Morgan fingerprint density at radius 1 is 1.55 bits per heavy atom. The van der Waals surface area contributed by atoms with Crippen molar-refractivity contribution in [2.45, 2.75) is 19.1 Å². The van der Waals surface area contributed by atoms with Crippen LogP contribution in [0.25, 0.3) is 0 Å². The van der Waals surface area contributed by atoms with E-state index in [1.807, 2.05) is 0 Å². The Hall–Kier alpha value is -0.0400. The van der Waals surface area contributed by atoms with Gasteiger partial charge in [0, 0.05) is 5.25 Å². The predicted molar refractivity (Wildman–Crippen MR) is 47.6 cm³/mol. The molecule has 0 spiro atoms. The lowest BCUT2D eigenvalue weighted by molar-refractivity contribution is 0.682. The van der Waals surface area contributed by atoms with Crippen LogP contribution in [0.4, 0.5) is 0 Å². The molecule has 5 heteroatoms. The van der Waals surface area contributed by atoms with Gasteiger partial charge in [-0.05, 0) is 0 Å². The maximum absolute atomic E-state index is 11.1. The van der Waals surface area contributed by atoms with Crippen LogP contribution in [0.1, 0.15) is 13.8 Å². The Kier molecular flexibility index (Phi) is 4.74. The fourth-order valence-electron chi connectivity index (χ4n) is 0.339. The minimum Gasteiger partial charge on any atom is -0.253 e. The molecule has 0 radical (unpaired) electrons. The van der Waals surface area contributed by atoms with Gasteiger partial charge in [0.05, 0.1) is 10.8 Å². The van der Waals surface area contributed by atoms with E-state index in [1.165, 1.54) is 0 Å². The number of hydrogen-bond donors (Lipinski definition) is 0. The van der Waals surface area contributed by atoms with E-state index < -0.39 is 10.8 Å². The van der Waals surface area contributed by atoms with Gasteiger partial charge in [0.15, 0.2) is 0 Å². The number of nitriles is 1. The average molecular weight is 212 g/mol. The molecule has 0 heterocycles. The zero-order valence-corrected chi connectivity index (χ0v) is 8.43. The minimum absolute atomic E-state index is 0.0656. The molecule has 0 aromatic rings. The SMILES string of the molecule is CC(C)S(=O)/C(Cl)=C(/Cl)C#N. The van der Waals surface area contributed by atoms with E-state index in [9.17, 15) is 4.21 Å². The van der Waals surface area contributed by atoms with Gasteiger partial charge < -0.3 is 0 Å². The van der Waals surface area contributed by atoms with Gasteiger partial charge in [-0.25, -0.2) is 0 Å². The first-order chi connectivity index (χ1) is 5.00. The Labute approximate surface area is 78.2 Å². The highest BCUT2D eigenvalue weighted by atomic mass is 35.5. The van der Waals surface area contributed by atoms with Crippen LogP contribution in [0.5, 0.6) is 0 Å². The third-order valence-electron chi connectivity index (χ3n) is 0.876. The van der Waals surface area contributed by atoms with E-state index in [1.54, 1.807) is 19.9 Å². The van der Waals surface area contributed by atoms with Gasteiger partial charge in [0.2, 0.25) is 0 Å². The second-order valence-corrected chi connectivity index (χ2v) is 4.97. The summed E-state index contributed by atoms with van der Waals surface area (Å²) < 4.78 is 11.1. The van der Waals surface area contributed by atoms with Crippen LogP contribution in [0, 0.1) is 11.3 Å². The highest BCUT2D eigenvalue weighted by Gasteiger charge is 2.13. The first kappa shape index (κ1) is 11.0. The summed E-state index contributed by atoms with van der Waals surface area (Å²) in [5.74, 6) is 0. The third-order valence-corrected chi connectivity index (χ3v) is 3.42. The molecular formula is C6H7Cl2NOS. The van der Waals surface area contributed by atoms with Crippen LogP contribution in [0.3, 0.4) is 0 Å². The van der Waals surface area contributed by atoms with Crippen LogP contribution in [-0.4, -0.2) is 9.46 Å². The number of hydrogen-bond acceptors (Lipinski definition) is 2. The minimum atomic E-state index is -1.36. The van der Waals surface area contributed by atoms with E-state index in [0.717, 1.165) is 0 Å². The molecule has 0 aliphatic heterocycles. The Bertz CT molecular complexity index is 241. The largest absolute Gasteiger partial charge is 0.253 e. The highest BCUT2D eigenvalue weighted by Crippen LogP contribution is 2.19. The van der Waals surface area contributed by atoms with Crippen molar-refractivity contribution < 1.29 is 4.21 Å². The molecule has 11 heavy (non-hydrogen) atoms. The number of halogens is 2. The first-order valence-electron chi connectivity index (χ1n) is 2.86. The van der Waals surface area contributed by atoms with Crippen molar-refractivity contribution in [3.05, 3.63) is 9.40 Å². The molecule has 0 bridgehead atoms. The normalized spacial score (nSPS) is 15.6. The van der Waals surface area contributed by atoms with Crippen molar-refractivity contribution in [3.8, 4) is 6.07 Å². The molecule has 0 aromatic carbocycles. The summed E-state index contributed by atoms with van der Waals surface area (Å²) in [4.78, 5) is 0. The lowest BCUT2D eigenvalue weighted by atomic mass is 10.6. The van der Waals surface area contributed by atoms with E-state index in [-0.39, 0.29) is 14.6 Å². The van der Waals surface area contributed by atoms with Gasteiger partial charge in [-0.15, -0.1) is 0 Å². The van der Waals surface area contributed by atoms with Crippen molar-refractivity contribution in [2.75, 3.05) is 0 Å². The van der Waals surface area contributed by atoms with Crippen LogP contribution in [0.2, 0.25) is 0 Å². The van der Waals surface area contributed by atoms with Gasteiger partial charge >= 0.3 is 0 Å². The van der Waals surface area contributed by atoms with Crippen LogP contribution in [0.15, 0.2) is 9.40 Å². The molecule has 1 atom stereocenters. The molecule has 62 valence electrons. The monoisotopic (exact) mass is 211 g/mol. The van der Waals surface area contributed by atoms with Gasteiger partial charge in [0.1, 0.15) is 15.5 Å². The van der Waals surface area contributed by atoms with Crippen molar-refractivity contribution >= 4 is 34.0 Å². The zero-order chi connectivity index (χ0) is 9.02. The lowest BCUT2D eigenvalue weighted by Crippen LogP contribution is -2.05. The summed E-state index contributed by atoms with van der Waals surface area (Å²) in [7, 11) is -1.36. The Morgan fingerprint density at radius 3 is 2.27 bits per heavy atom. The third kappa shape index (κ3) is 3.24. The molecule has 2 nitrogen and oxygen atoms in total. The molecule has 0 amide bonds. The number of nitrogens with zero attached hydrogens (tertiary/aromatic N) is 1. The van der Waals surface area contributed by atoms with E-state index >= 15 is 0 Å². The molecule has 0 rings (SSSR count). The second kappa shape index (κ2) is 4.76. The van der Waals surface area contributed by atoms with Crippen molar-refractivity contribution in [1.29, 1.82) is 5.26 Å². The fraction of sp³-hybridized carbons (Fsp3) is 0.500. The second-order valence-electron chi connectivity index (χ2n) is 2.05. The summed E-state index contributed by atoms with van der Waals surface area (Å²) in [6, 6.07) is 1.62. The van der Waals surface area contributed by atoms with Gasteiger partial charge in [-0.2, -0.15) is 5.26 Å². The smallest absolute Gasteiger partial charge is 0.145 e. The average Bonchev–Trinajstić information content (AvgIpc) is 2.00. The molecule has 0 aliphatic rings. The van der Waals surface area contributed by atoms with E-state index in [0.29, 0.717) is 0 Å².